The van der Waals surface area contributed by atoms with Gasteiger partial charge in [0.25, 0.3) is 5.91 Å². The summed E-state index contributed by atoms with van der Waals surface area (Å²) in [5.74, 6) is -0.0764. The van der Waals surface area contributed by atoms with Gasteiger partial charge >= 0.3 is 0 Å². The molecule has 1 N–H and O–H groups in total. The van der Waals surface area contributed by atoms with E-state index in [2.05, 4.69) is 24.4 Å². The minimum atomic E-state index is -0.553. The van der Waals surface area contributed by atoms with Gasteiger partial charge in [-0.1, -0.05) is 60.6 Å². The maximum atomic E-state index is 13.6. The number of nitrogens with one attached hydrogen (secondary N) is 1. The van der Waals surface area contributed by atoms with E-state index < -0.39 is 11.2 Å². The molecular formula is C29H27N3O3S. The lowest BCUT2D eigenvalue weighted by Crippen LogP contribution is -2.30. The zero-order valence-corrected chi connectivity index (χ0v) is 21.3. The number of hydrogen-bond acceptors (Lipinski definition) is 5. The molecule has 1 heterocycles. The molecule has 3 aromatic carbocycles. The van der Waals surface area contributed by atoms with Gasteiger partial charge in [0.05, 0.1) is 12.4 Å². The Labute approximate surface area is 215 Å². The first-order chi connectivity index (χ1) is 17.4. The third kappa shape index (κ3) is 5.45. The number of carbonyl (C=O) groups excluding carboxylic acids is 2. The van der Waals surface area contributed by atoms with Crippen molar-refractivity contribution in [2.45, 2.75) is 31.9 Å². The normalized spacial score (nSPS) is 16.4. The molecule has 7 heteroatoms. The Hall–Kier alpha value is -4.02. The lowest BCUT2D eigenvalue weighted by Gasteiger charge is -2.19. The van der Waals surface area contributed by atoms with Gasteiger partial charge < -0.3 is 10.1 Å². The van der Waals surface area contributed by atoms with Gasteiger partial charge in [-0.2, -0.15) is 5.26 Å². The molecule has 1 aliphatic heterocycles. The van der Waals surface area contributed by atoms with E-state index in [1.165, 1.54) is 22.2 Å². The fourth-order valence-electron chi connectivity index (χ4n) is 3.91. The summed E-state index contributed by atoms with van der Waals surface area (Å²) in [5, 5.41) is 12.7. The molecule has 0 aliphatic carbocycles. The lowest BCUT2D eigenvalue weighted by molar-refractivity contribution is -0.117. The zero-order chi connectivity index (χ0) is 25.7. The number of aryl methyl sites for hydroxylation is 2. The van der Waals surface area contributed by atoms with Gasteiger partial charge in [-0.15, -0.1) is 0 Å². The molecule has 1 fully saturated rings. The number of anilines is 2. The van der Waals surface area contributed by atoms with Crippen LogP contribution in [0.4, 0.5) is 11.4 Å². The fourth-order valence-corrected chi connectivity index (χ4v) is 5.22. The smallest absolute Gasteiger partial charge is 0.269 e. The van der Waals surface area contributed by atoms with Crippen LogP contribution in [0.2, 0.25) is 0 Å². The second-order valence-corrected chi connectivity index (χ2v) is 9.66. The van der Waals surface area contributed by atoms with E-state index in [0.29, 0.717) is 28.6 Å². The topological polar surface area (TPSA) is 82.4 Å². The summed E-state index contributed by atoms with van der Waals surface area (Å²) < 4.78 is 5.25. The van der Waals surface area contributed by atoms with Crippen molar-refractivity contribution in [3.8, 4) is 11.8 Å². The van der Waals surface area contributed by atoms with Crippen molar-refractivity contribution in [2.24, 2.45) is 0 Å². The van der Waals surface area contributed by atoms with Crippen LogP contribution >= 0.6 is 11.8 Å². The van der Waals surface area contributed by atoms with Crippen LogP contribution in [0.3, 0.4) is 0 Å². The van der Waals surface area contributed by atoms with Gasteiger partial charge in [0, 0.05) is 11.4 Å². The minimum Gasteiger partial charge on any atom is -0.497 e. The highest BCUT2D eigenvalue weighted by atomic mass is 32.2. The van der Waals surface area contributed by atoms with Gasteiger partial charge in [0.2, 0.25) is 5.91 Å². The minimum absolute atomic E-state index is 0.103. The van der Waals surface area contributed by atoms with Crippen LogP contribution in [-0.4, -0.2) is 24.2 Å². The molecule has 2 amide bonds. The number of hydrogen-bond donors (Lipinski definition) is 1. The quantitative estimate of drug-likeness (QED) is 0.338. The van der Waals surface area contributed by atoms with Gasteiger partial charge in [-0.3, -0.25) is 14.5 Å². The number of benzene rings is 3. The maximum absolute atomic E-state index is 13.6. The Balaban J connectivity index is 1.70. The number of thioether (sulfide) groups is 1. The van der Waals surface area contributed by atoms with E-state index >= 15 is 0 Å². The first-order valence-electron chi connectivity index (χ1n) is 11.7. The Morgan fingerprint density at radius 2 is 1.67 bits per heavy atom. The lowest BCUT2D eigenvalue weighted by atomic mass is 10.1. The van der Waals surface area contributed by atoms with E-state index in [0.717, 1.165) is 17.5 Å². The van der Waals surface area contributed by atoms with Crippen LogP contribution < -0.4 is 15.0 Å². The molecule has 6 nitrogen and oxygen atoms in total. The number of nitrogens with zero attached hydrogens (tertiary/aromatic N) is 2. The molecular weight excluding hydrogens is 470 g/mol. The molecule has 0 aromatic heterocycles. The van der Waals surface area contributed by atoms with Crippen molar-refractivity contribution in [2.75, 3.05) is 17.3 Å². The molecule has 0 radical (unpaired) electrons. The van der Waals surface area contributed by atoms with Gasteiger partial charge in [-0.05, 0) is 67.3 Å². The van der Waals surface area contributed by atoms with Gasteiger partial charge in [0.15, 0.2) is 0 Å². The molecule has 1 saturated heterocycles. The highest BCUT2D eigenvalue weighted by molar-refractivity contribution is 8.05. The molecule has 1 atom stereocenters. The Bertz CT molecular complexity index is 1320. The average molecular weight is 498 g/mol. The predicted molar refractivity (Wildman–Crippen MR) is 144 cm³/mol. The van der Waals surface area contributed by atoms with E-state index in [9.17, 15) is 14.9 Å². The summed E-state index contributed by atoms with van der Waals surface area (Å²) in [5.41, 5.74) is 4.36. The van der Waals surface area contributed by atoms with E-state index in [-0.39, 0.29) is 11.5 Å². The summed E-state index contributed by atoms with van der Waals surface area (Å²) >= 11 is 1.25. The molecule has 3 aromatic rings. The first-order valence-corrected chi connectivity index (χ1v) is 12.6. The molecule has 0 bridgehead atoms. The van der Waals surface area contributed by atoms with Crippen LogP contribution in [0.15, 0.2) is 83.4 Å². The van der Waals surface area contributed by atoms with Crippen LogP contribution in [0.5, 0.6) is 5.75 Å². The largest absolute Gasteiger partial charge is 0.497 e. The standard InChI is InChI=1S/C29H27N3O3S/c1-4-20-7-9-21(10-8-20)17-26-28(34)32(23-13-15-24(35-3)16-14-23)29(36-26)25(18-30)27(33)31-22-11-5-19(2)6-12-22/h5-16,26H,4,17H2,1-3H3,(H,31,33)/b29-25-. The van der Waals surface area contributed by atoms with Crippen LogP contribution in [-0.2, 0) is 22.4 Å². The summed E-state index contributed by atoms with van der Waals surface area (Å²) in [7, 11) is 1.57. The van der Waals surface area contributed by atoms with Crippen molar-refractivity contribution >= 4 is 35.0 Å². The predicted octanol–water partition coefficient (Wildman–Crippen LogP) is 5.63. The van der Waals surface area contributed by atoms with E-state index in [4.69, 9.17) is 4.74 Å². The maximum Gasteiger partial charge on any atom is 0.269 e. The van der Waals surface area contributed by atoms with Crippen molar-refractivity contribution in [1.82, 2.24) is 0 Å². The number of carbonyl (C=O) groups is 2. The highest BCUT2D eigenvalue weighted by Crippen LogP contribution is 2.42. The fraction of sp³-hybridized carbons (Fsp3) is 0.207. The van der Waals surface area contributed by atoms with Gasteiger partial charge in [-0.25, -0.2) is 0 Å². The summed E-state index contributed by atoms with van der Waals surface area (Å²) in [6.07, 6.45) is 1.43. The number of nitriles is 1. The second kappa shape index (κ2) is 11.1. The molecule has 1 unspecified atom stereocenters. The van der Waals surface area contributed by atoms with E-state index in [1.807, 2.05) is 37.3 Å². The summed E-state index contributed by atoms with van der Waals surface area (Å²) in [6, 6.07) is 24.6. The zero-order valence-electron chi connectivity index (χ0n) is 20.4. The first kappa shape index (κ1) is 25.1. The molecule has 1 aliphatic rings. The average Bonchev–Trinajstić information content (AvgIpc) is 3.21. The molecule has 0 saturated carbocycles. The number of ether oxygens (including phenoxy) is 1. The van der Waals surface area contributed by atoms with Gasteiger partial charge in [0.1, 0.15) is 22.4 Å². The molecule has 4 rings (SSSR count). The Morgan fingerprint density at radius 3 is 2.25 bits per heavy atom. The van der Waals surface area contributed by atoms with E-state index in [1.54, 1.807) is 43.5 Å². The highest BCUT2D eigenvalue weighted by Gasteiger charge is 2.40. The molecule has 0 spiro atoms. The third-order valence-corrected chi connectivity index (χ3v) is 7.26. The van der Waals surface area contributed by atoms with Crippen LogP contribution in [0.1, 0.15) is 23.6 Å². The van der Waals surface area contributed by atoms with Crippen molar-refractivity contribution in [1.29, 1.82) is 5.26 Å². The Morgan fingerprint density at radius 1 is 1.03 bits per heavy atom. The number of rotatable bonds is 7. The Kier molecular flexibility index (Phi) is 7.77. The molecule has 182 valence electrons. The summed E-state index contributed by atoms with van der Waals surface area (Å²) in [6.45, 7) is 4.05. The second-order valence-electron chi connectivity index (χ2n) is 8.46. The monoisotopic (exact) mass is 497 g/mol. The third-order valence-electron chi connectivity index (χ3n) is 6.00. The van der Waals surface area contributed by atoms with Crippen LogP contribution in [0, 0.1) is 18.3 Å². The molecule has 36 heavy (non-hydrogen) atoms. The van der Waals surface area contributed by atoms with Crippen molar-refractivity contribution in [3.63, 3.8) is 0 Å². The summed E-state index contributed by atoms with van der Waals surface area (Å²) in [4.78, 5) is 28.3. The SMILES string of the molecule is CCc1ccc(CC2S/C(=C(/C#N)C(=O)Nc3ccc(C)cc3)N(c3ccc(OC)cc3)C2=O)cc1. The number of amides is 2. The van der Waals surface area contributed by atoms with Crippen molar-refractivity contribution < 1.29 is 14.3 Å². The number of methoxy groups -OCH3 is 1. The van der Waals surface area contributed by atoms with Crippen molar-refractivity contribution in [3.05, 3.63) is 100 Å². The van der Waals surface area contributed by atoms with Crippen LogP contribution in [0.25, 0.3) is 0 Å².